The quantitative estimate of drug-likeness (QED) is 0.475. The number of hydrogen-bond acceptors (Lipinski definition) is 4. The second-order valence-electron chi connectivity index (χ2n) is 6.98. The van der Waals surface area contributed by atoms with Crippen LogP contribution in [0.2, 0.25) is 0 Å². The number of esters is 1. The highest BCUT2D eigenvalue weighted by Gasteiger charge is 2.37. The zero-order valence-corrected chi connectivity index (χ0v) is 14.9. The first-order chi connectivity index (χ1) is 12.1. The van der Waals surface area contributed by atoms with Crippen molar-refractivity contribution in [3.8, 4) is 0 Å². The van der Waals surface area contributed by atoms with Crippen LogP contribution >= 0.6 is 0 Å². The molecule has 4 nitrogen and oxygen atoms in total. The fourth-order valence-electron chi connectivity index (χ4n) is 4.28. The first-order valence-corrected chi connectivity index (χ1v) is 8.93. The number of nitrogens with zero attached hydrogens (tertiary/aromatic N) is 1. The van der Waals surface area contributed by atoms with E-state index >= 15 is 0 Å². The van der Waals surface area contributed by atoms with Crippen molar-refractivity contribution in [2.75, 3.05) is 27.3 Å². The number of benzene rings is 1. The molecule has 2 saturated heterocycles. The van der Waals surface area contributed by atoms with Crippen LogP contribution in [0.15, 0.2) is 36.1 Å². The van der Waals surface area contributed by atoms with Crippen LogP contribution in [0, 0.1) is 11.7 Å². The lowest BCUT2D eigenvalue weighted by Crippen LogP contribution is -2.47. The van der Waals surface area contributed by atoms with Crippen LogP contribution in [-0.4, -0.2) is 44.2 Å². The lowest BCUT2D eigenvalue weighted by Gasteiger charge is -2.45. The Bertz CT molecular complexity index is 628. The van der Waals surface area contributed by atoms with Gasteiger partial charge in [0.2, 0.25) is 0 Å². The summed E-state index contributed by atoms with van der Waals surface area (Å²) in [4.78, 5) is 14.6. The number of ether oxygens (including phenoxy) is 2. The van der Waals surface area contributed by atoms with Gasteiger partial charge in [0.1, 0.15) is 5.82 Å². The molecule has 3 rings (SSSR count). The molecule has 2 heterocycles. The van der Waals surface area contributed by atoms with E-state index in [0.717, 1.165) is 38.8 Å². The van der Waals surface area contributed by atoms with Gasteiger partial charge in [-0.1, -0.05) is 12.1 Å². The van der Waals surface area contributed by atoms with Crippen molar-refractivity contribution in [3.63, 3.8) is 0 Å². The number of fused-ring (bicyclic) bond motifs is 1. The molecule has 1 aromatic carbocycles. The highest BCUT2D eigenvalue weighted by atomic mass is 19.1. The van der Waals surface area contributed by atoms with Crippen molar-refractivity contribution in [1.82, 2.24) is 4.90 Å². The van der Waals surface area contributed by atoms with E-state index in [-0.39, 0.29) is 17.7 Å². The molecule has 0 spiro atoms. The van der Waals surface area contributed by atoms with Crippen LogP contribution in [-0.2, 0) is 14.3 Å². The molecule has 2 aliphatic heterocycles. The van der Waals surface area contributed by atoms with Gasteiger partial charge in [0, 0.05) is 6.04 Å². The zero-order valence-electron chi connectivity index (χ0n) is 14.9. The Morgan fingerprint density at radius 1 is 1.16 bits per heavy atom. The summed E-state index contributed by atoms with van der Waals surface area (Å²) < 4.78 is 23.2. The van der Waals surface area contributed by atoms with E-state index < -0.39 is 0 Å². The van der Waals surface area contributed by atoms with E-state index in [4.69, 9.17) is 9.47 Å². The maximum Gasteiger partial charge on any atom is 0.337 e. The minimum atomic E-state index is -0.300. The fourth-order valence-corrected chi connectivity index (χ4v) is 4.28. The van der Waals surface area contributed by atoms with Gasteiger partial charge < -0.3 is 14.4 Å². The summed E-state index contributed by atoms with van der Waals surface area (Å²) in [5, 5.41) is 0. The zero-order chi connectivity index (χ0) is 17.8. The SMILES string of the molecule is CO/C=C(\C(=O)OC)C1CCN2CCC(c3ccc(F)cc3)CC2C1. The molecule has 25 heavy (non-hydrogen) atoms. The average Bonchev–Trinajstić information content (AvgIpc) is 2.65. The van der Waals surface area contributed by atoms with Gasteiger partial charge >= 0.3 is 5.97 Å². The smallest absolute Gasteiger partial charge is 0.337 e. The van der Waals surface area contributed by atoms with Gasteiger partial charge in [0.05, 0.1) is 26.1 Å². The second kappa shape index (κ2) is 8.00. The Kier molecular flexibility index (Phi) is 5.74. The average molecular weight is 347 g/mol. The van der Waals surface area contributed by atoms with E-state index in [1.54, 1.807) is 19.2 Å². The molecule has 3 atom stereocenters. The number of methoxy groups -OCH3 is 2. The highest BCUT2D eigenvalue weighted by Crippen LogP contribution is 2.39. The molecule has 0 aliphatic carbocycles. The lowest BCUT2D eigenvalue weighted by atomic mass is 9.77. The standard InChI is InChI=1S/C20H26FNO3/c1-24-13-19(20(23)25-2)16-8-10-22-9-7-15(11-18(22)12-16)14-3-5-17(21)6-4-14/h3-6,13,15-16,18H,7-12H2,1-2H3/b19-13-. The van der Waals surface area contributed by atoms with E-state index in [2.05, 4.69) is 4.90 Å². The minimum Gasteiger partial charge on any atom is -0.504 e. The molecule has 0 bridgehead atoms. The Labute approximate surface area is 148 Å². The minimum absolute atomic E-state index is 0.167. The number of carbonyl (C=O) groups is 1. The molecule has 1 aromatic rings. The third-order valence-corrected chi connectivity index (χ3v) is 5.61. The van der Waals surface area contributed by atoms with Crippen LogP contribution in [0.4, 0.5) is 4.39 Å². The summed E-state index contributed by atoms with van der Waals surface area (Å²) in [5.41, 5.74) is 1.84. The lowest BCUT2D eigenvalue weighted by molar-refractivity contribution is -0.137. The third-order valence-electron chi connectivity index (χ3n) is 5.61. The normalized spacial score (nSPS) is 27.5. The summed E-state index contributed by atoms with van der Waals surface area (Å²) in [5.74, 6) is 0.131. The van der Waals surface area contributed by atoms with Crippen molar-refractivity contribution in [3.05, 3.63) is 47.5 Å². The maximum atomic E-state index is 13.2. The second-order valence-corrected chi connectivity index (χ2v) is 6.98. The first kappa shape index (κ1) is 17.9. The van der Waals surface area contributed by atoms with Gasteiger partial charge in [-0.2, -0.15) is 0 Å². The van der Waals surface area contributed by atoms with E-state index in [1.165, 1.54) is 18.9 Å². The Morgan fingerprint density at radius 2 is 1.88 bits per heavy atom. The molecule has 136 valence electrons. The predicted molar refractivity (Wildman–Crippen MR) is 93.6 cm³/mol. The molecule has 0 amide bonds. The van der Waals surface area contributed by atoms with Crippen LogP contribution in [0.25, 0.3) is 0 Å². The van der Waals surface area contributed by atoms with E-state index in [0.29, 0.717) is 17.5 Å². The molecule has 5 heteroatoms. The summed E-state index contributed by atoms with van der Waals surface area (Å²) >= 11 is 0. The summed E-state index contributed by atoms with van der Waals surface area (Å²) in [6, 6.07) is 7.33. The Morgan fingerprint density at radius 3 is 2.56 bits per heavy atom. The summed E-state index contributed by atoms with van der Waals surface area (Å²) in [6.07, 6.45) is 5.56. The number of piperidine rings is 2. The number of rotatable bonds is 4. The van der Waals surface area contributed by atoms with Gasteiger partial charge in [0.25, 0.3) is 0 Å². The van der Waals surface area contributed by atoms with Crippen molar-refractivity contribution >= 4 is 5.97 Å². The molecule has 2 fully saturated rings. The van der Waals surface area contributed by atoms with Crippen molar-refractivity contribution in [2.45, 2.75) is 37.6 Å². The molecule has 3 unspecified atom stereocenters. The monoisotopic (exact) mass is 347 g/mol. The van der Waals surface area contributed by atoms with Crippen LogP contribution in [0.3, 0.4) is 0 Å². The Hall–Kier alpha value is -1.88. The highest BCUT2D eigenvalue weighted by molar-refractivity contribution is 5.88. The molecule has 0 N–H and O–H groups in total. The maximum absolute atomic E-state index is 13.2. The topological polar surface area (TPSA) is 38.8 Å². The summed E-state index contributed by atoms with van der Waals surface area (Å²) in [7, 11) is 2.97. The summed E-state index contributed by atoms with van der Waals surface area (Å²) in [6.45, 7) is 2.05. The molecular weight excluding hydrogens is 321 g/mol. The molecule has 0 radical (unpaired) electrons. The number of carbonyl (C=O) groups excluding carboxylic acids is 1. The fraction of sp³-hybridized carbons (Fsp3) is 0.550. The van der Waals surface area contributed by atoms with Crippen molar-refractivity contribution in [2.24, 2.45) is 5.92 Å². The molecule has 2 aliphatic rings. The predicted octanol–water partition coefficient (Wildman–Crippen LogP) is 3.49. The molecular formula is C20H26FNO3. The molecule has 0 aromatic heterocycles. The van der Waals surface area contributed by atoms with Gasteiger partial charge in [0.15, 0.2) is 0 Å². The van der Waals surface area contributed by atoms with Gasteiger partial charge in [-0.15, -0.1) is 0 Å². The molecule has 0 saturated carbocycles. The third kappa shape index (κ3) is 4.03. The van der Waals surface area contributed by atoms with Crippen LogP contribution < -0.4 is 0 Å². The van der Waals surface area contributed by atoms with Crippen LogP contribution in [0.5, 0.6) is 0 Å². The first-order valence-electron chi connectivity index (χ1n) is 8.93. The Balaban J connectivity index is 1.70. The van der Waals surface area contributed by atoms with Crippen molar-refractivity contribution in [1.29, 1.82) is 0 Å². The van der Waals surface area contributed by atoms with Gasteiger partial charge in [-0.25, -0.2) is 9.18 Å². The number of halogens is 1. The van der Waals surface area contributed by atoms with E-state index in [1.807, 2.05) is 12.1 Å². The van der Waals surface area contributed by atoms with Crippen LogP contribution in [0.1, 0.15) is 37.2 Å². The van der Waals surface area contributed by atoms with E-state index in [9.17, 15) is 9.18 Å². The number of hydrogen-bond donors (Lipinski definition) is 0. The van der Waals surface area contributed by atoms with Gasteiger partial charge in [-0.3, -0.25) is 0 Å². The van der Waals surface area contributed by atoms with Gasteiger partial charge in [-0.05, 0) is 68.3 Å². The van der Waals surface area contributed by atoms with Crippen molar-refractivity contribution < 1.29 is 18.7 Å². The largest absolute Gasteiger partial charge is 0.504 e.